The molecule has 1 saturated carbocycles. The van der Waals surface area contributed by atoms with E-state index in [4.69, 9.17) is 0 Å². The molecule has 1 fully saturated rings. The van der Waals surface area contributed by atoms with Crippen molar-refractivity contribution in [2.24, 2.45) is 5.92 Å². The molecule has 0 amide bonds. The highest BCUT2D eigenvalue weighted by Gasteiger charge is 2.52. The van der Waals surface area contributed by atoms with Crippen molar-refractivity contribution >= 4 is 27.9 Å². The van der Waals surface area contributed by atoms with Gasteiger partial charge in [0, 0.05) is 48.0 Å². The van der Waals surface area contributed by atoms with Crippen LogP contribution in [0.3, 0.4) is 0 Å². The van der Waals surface area contributed by atoms with Crippen molar-refractivity contribution in [3.63, 3.8) is 0 Å². The molecule has 0 bridgehead atoms. The van der Waals surface area contributed by atoms with Crippen molar-refractivity contribution in [1.29, 1.82) is 0 Å². The van der Waals surface area contributed by atoms with Gasteiger partial charge in [0.1, 0.15) is 6.54 Å². The van der Waals surface area contributed by atoms with Crippen molar-refractivity contribution < 1.29 is 4.58 Å². The van der Waals surface area contributed by atoms with Crippen LogP contribution in [0.15, 0.2) is 115 Å². The van der Waals surface area contributed by atoms with E-state index in [1.54, 1.807) is 5.56 Å². The Kier molecular flexibility index (Phi) is 8.49. The maximum Gasteiger partial charge on any atom is 0.210 e. The Bertz CT molecular complexity index is 1800. The van der Waals surface area contributed by atoms with Crippen LogP contribution in [0.5, 0.6) is 0 Å². The molecular weight excluding hydrogens is 556 g/mol. The third-order valence-electron chi connectivity index (χ3n) is 11.3. The maximum absolute atomic E-state index is 2.73. The van der Waals surface area contributed by atoms with Gasteiger partial charge >= 0.3 is 0 Å². The number of para-hydroxylation sites is 1. The topological polar surface area (TPSA) is 6.25 Å². The number of nitrogens with zero attached hydrogens (tertiary/aromatic N) is 2. The van der Waals surface area contributed by atoms with Gasteiger partial charge < -0.3 is 4.90 Å². The molecule has 1 spiro atoms. The summed E-state index contributed by atoms with van der Waals surface area (Å²) in [4.78, 5) is 2.43. The molecule has 7 rings (SSSR count). The van der Waals surface area contributed by atoms with Crippen LogP contribution >= 0.6 is 0 Å². The Balaban J connectivity index is 1.33. The molecule has 4 aromatic carbocycles. The molecule has 236 valence electrons. The van der Waals surface area contributed by atoms with E-state index >= 15 is 0 Å². The lowest BCUT2D eigenvalue weighted by atomic mass is 9.66. The Hall–Kier alpha value is -3.91. The zero-order valence-electron chi connectivity index (χ0n) is 28.4. The average molecular weight is 608 g/mol. The largest absolute Gasteiger partial charge is 0.347 e. The molecule has 4 aromatic rings. The molecule has 0 radical (unpaired) electrons. The fourth-order valence-corrected chi connectivity index (χ4v) is 9.07. The Morgan fingerprint density at radius 1 is 0.826 bits per heavy atom. The summed E-state index contributed by atoms with van der Waals surface area (Å²) in [7, 11) is 2.25. The van der Waals surface area contributed by atoms with Gasteiger partial charge in [-0.2, -0.15) is 4.58 Å². The van der Waals surface area contributed by atoms with Crippen molar-refractivity contribution in [3.05, 3.63) is 132 Å². The van der Waals surface area contributed by atoms with Gasteiger partial charge in [0.05, 0.1) is 5.41 Å². The third kappa shape index (κ3) is 5.34. The van der Waals surface area contributed by atoms with Crippen molar-refractivity contribution in [1.82, 2.24) is 0 Å². The summed E-state index contributed by atoms with van der Waals surface area (Å²) in [5.74, 6) is 0.757. The van der Waals surface area contributed by atoms with E-state index in [1.165, 1.54) is 96.0 Å². The van der Waals surface area contributed by atoms with E-state index < -0.39 is 0 Å². The Morgan fingerprint density at radius 2 is 1.57 bits per heavy atom. The van der Waals surface area contributed by atoms with Crippen molar-refractivity contribution in [2.45, 2.75) is 89.4 Å². The second kappa shape index (κ2) is 12.7. The van der Waals surface area contributed by atoms with E-state index in [-0.39, 0.29) is 10.8 Å². The van der Waals surface area contributed by atoms with E-state index in [9.17, 15) is 0 Å². The fraction of sp³-hybridized carbons (Fsp3) is 0.386. The molecule has 0 saturated heterocycles. The van der Waals surface area contributed by atoms with Gasteiger partial charge in [-0.15, -0.1) is 0 Å². The third-order valence-corrected chi connectivity index (χ3v) is 11.3. The lowest BCUT2D eigenvalue weighted by Gasteiger charge is -2.32. The molecule has 1 atom stereocenters. The fourth-order valence-electron chi connectivity index (χ4n) is 9.07. The van der Waals surface area contributed by atoms with E-state index in [2.05, 4.69) is 147 Å². The predicted octanol–water partition coefficient (Wildman–Crippen LogP) is 11.1. The first-order valence-electron chi connectivity index (χ1n) is 17.9. The highest BCUT2D eigenvalue weighted by molar-refractivity contribution is 6.08. The van der Waals surface area contributed by atoms with Gasteiger partial charge in [0.15, 0.2) is 5.71 Å². The van der Waals surface area contributed by atoms with Crippen LogP contribution in [0.1, 0.15) is 88.8 Å². The number of rotatable bonds is 9. The van der Waals surface area contributed by atoms with Gasteiger partial charge in [0.25, 0.3) is 0 Å². The lowest BCUT2D eigenvalue weighted by Crippen LogP contribution is -2.36. The summed E-state index contributed by atoms with van der Waals surface area (Å²) >= 11 is 0. The number of hydrogen-bond donors (Lipinski definition) is 0. The second-order valence-electron chi connectivity index (χ2n) is 14.7. The summed E-state index contributed by atoms with van der Waals surface area (Å²) < 4.78 is 2.73. The molecule has 2 heterocycles. The van der Waals surface area contributed by atoms with Crippen LogP contribution in [0, 0.1) is 5.92 Å². The quantitative estimate of drug-likeness (QED) is 0.135. The molecule has 2 aliphatic heterocycles. The molecular formula is C44H51N2+. The van der Waals surface area contributed by atoms with Crippen LogP contribution in [-0.2, 0) is 17.3 Å². The number of fused-ring (bicyclic) bond motifs is 5. The van der Waals surface area contributed by atoms with Gasteiger partial charge in [-0.25, -0.2) is 0 Å². The minimum atomic E-state index is -0.102. The smallest absolute Gasteiger partial charge is 0.210 e. The van der Waals surface area contributed by atoms with Gasteiger partial charge in [-0.1, -0.05) is 118 Å². The zero-order valence-corrected chi connectivity index (χ0v) is 28.4. The second-order valence-corrected chi connectivity index (χ2v) is 14.7. The van der Waals surface area contributed by atoms with Crippen LogP contribution in [0.25, 0.3) is 10.8 Å². The molecule has 1 aliphatic carbocycles. The monoisotopic (exact) mass is 607 g/mol. The molecule has 0 aromatic heterocycles. The first kappa shape index (κ1) is 30.7. The average Bonchev–Trinajstić information content (AvgIpc) is 3.44. The first-order valence-corrected chi connectivity index (χ1v) is 17.9. The zero-order chi connectivity index (χ0) is 31.7. The standard InChI is InChI=1S/C44H51N2/c1-33(2)18-13-16-31-46-39-28-27-35-21-9-10-22-36(35)42(39)44(29-14-6-15-30-44)41(46)26-17-25-40-43(3,32-34-19-7-5-8-20-34)37-23-11-12-24-38(37)45(40)4/h5,7-12,17,19-28,33H,6,13-16,18,29-32H2,1-4H3/q+1. The first-order chi connectivity index (χ1) is 22.4. The summed E-state index contributed by atoms with van der Waals surface area (Å²) in [6.07, 6.45) is 18.6. The molecule has 2 nitrogen and oxygen atoms in total. The molecule has 3 aliphatic rings. The molecule has 0 N–H and O–H groups in total. The molecule has 2 heteroatoms. The van der Waals surface area contributed by atoms with Crippen LogP contribution in [-0.4, -0.2) is 23.9 Å². The minimum Gasteiger partial charge on any atom is -0.347 e. The molecule has 46 heavy (non-hydrogen) atoms. The Morgan fingerprint density at radius 3 is 2.37 bits per heavy atom. The number of likely N-dealkylation sites (N-methyl/N-ethyl adjacent to an activating group) is 1. The normalized spacial score (nSPS) is 21.3. The van der Waals surface area contributed by atoms with Crippen LogP contribution in [0.2, 0.25) is 0 Å². The number of unbranched alkanes of at least 4 members (excludes halogenated alkanes) is 1. The maximum atomic E-state index is 2.73. The SMILES string of the molecule is CC(C)CCCC[N+]1=C(C=CC=C2N(C)c3ccccc3C2(C)Cc2ccccc2)C2(CCCCC2)c2c1ccc1ccccc21. The minimum absolute atomic E-state index is 0.0827. The number of hydrogen-bond acceptors (Lipinski definition) is 1. The van der Waals surface area contributed by atoms with E-state index in [0.29, 0.717) is 0 Å². The van der Waals surface area contributed by atoms with E-state index in [1.807, 2.05) is 0 Å². The van der Waals surface area contributed by atoms with Gasteiger partial charge in [-0.05, 0) is 78.6 Å². The Labute approximate surface area is 277 Å². The molecule has 1 unspecified atom stereocenters. The lowest BCUT2D eigenvalue weighted by molar-refractivity contribution is -0.438. The van der Waals surface area contributed by atoms with Gasteiger partial charge in [0.2, 0.25) is 5.69 Å². The van der Waals surface area contributed by atoms with E-state index in [0.717, 1.165) is 18.9 Å². The van der Waals surface area contributed by atoms with Gasteiger partial charge in [-0.3, -0.25) is 0 Å². The summed E-state index contributed by atoms with van der Waals surface area (Å²) in [6, 6.07) is 33.9. The number of allylic oxidation sites excluding steroid dienone is 4. The summed E-state index contributed by atoms with van der Waals surface area (Å²) in [5.41, 5.74) is 10.1. The highest BCUT2D eigenvalue weighted by Crippen LogP contribution is 2.52. The van der Waals surface area contributed by atoms with Crippen LogP contribution < -0.4 is 4.90 Å². The summed E-state index contributed by atoms with van der Waals surface area (Å²) in [6.45, 7) is 8.24. The number of anilines is 1. The summed E-state index contributed by atoms with van der Waals surface area (Å²) in [5, 5.41) is 2.83. The van der Waals surface area contributed by atoms with Crippen LogP contribution in [0.4, 0.5) is 11.4 Å². The predicted molar refractivity (Wildman–Crippen MR) is 197 cm³/mol. The number of benzene rings is 4. The van der Waals surface area contributed by atoms with Crippen molar-refractivity contribution in [3.8, 4) is 0 Å². The highest BCUT2D eigenvalue weighted by atomic mass is 15.2. The van der Waals surface area contributed by atoms with Crippen molar-refractivity contribution in [2.75, 3.05) is 18.5 Å².